The Hall–Kier alpha value is -2.88. The number of carbonyl (C=O) groups is 2. The van der Waals surface area contributed by atoms with Gasteiger partial charge in [0.05, 0.1) is 0 Å². The third-order valence-corrected chi connectivity index (χ3v) is 4.02. The summed E-state index contributed by atoms with van der Waals surface area (Å²) in [6.45, 7) is 6.52. The molecule has 0 aliphatic heterocycles. The maximum atomic E-state index is 12.5. The zero-order chi connectivity index (χ0) is 18.9. The van der Waals surface area contributed by atoms with Gasteiger partial charge in [-0.25, -0.2) is 0 Å². The maximum Gasteiger partial charge on any atom is 0.247 e. The maximum absolute atomic E-state index is 12.5. The highest BCUT2D eigenvalue weighted by molar-refractivity contribution is 5.98. The quantitative estimate of drug-likeness (QED) is 0.761. The minimum Gasteiger partial charge on any atom is -0.330 e. The summed E-state index contributed by atoms with van der Waals surface area (Å²) in [5.41, 5.74) is 3.88. The van der Waals surface area contributed by atoms with E-state index < -0.39 is 0 Å². The van der Waals surface area contributed by atoms with Crippen molar-refractivity contribution in [1.82, 2.24) is 4.90 Å². The van der Waals surface area contributed by atoms with Crippen LogP contribution in [0.3, 0.4) is 0 Å². The van der Waals surface area contributed by atoms with Gasteiger partial charge < -0.3 is 10.2 Å². The fourth-order valence-corrected chi connectivity index (χ4v) is 2.66. The van der Waals surface area contributed by atoms with E-state index in [-0.39, 0.29) is 18.4 Å². The number of aryl methyl sites for hydroxylation is 2. The van der Waals surface area contributed by atoms with Crippen LogP contribution < -0.4 is 5.32 Å². The first-order chi connectivity index (χ1) is 12.5. The van der Waals surface area contributed by atoms with Crippen molar-refractivity contribution in [1.29, 1.82) is 0 Å². The summed E-state index contributed by atoms with van der Waals surface area (Å²) >= 11 is 0. The second kappa shape index (κ2) is 9.56. The van der Waals surface area contributed by atoms with Crippen LogP contribution in [0.4, 0.5) is 5.69 Å². The first-order valence-electron chi connectivity index (χ1n) is 8.88. The highest BCUT2D eigenvalue weighted by Crippen LogP contribution is 2.13. The van der Waals surface area contributed by atoms with Gasteiger partial charge in [0.15, 0.2) is 0 Å². The Balaban J connectivity index is 2.01. The third kappa shape index (κ3) is 5.88. The minimum absolute atomic E-state index is 0.0408. The zero-order valence-corrected chi connectivity index (χ0v) is 15.7. The molecule has 4 nitrogen and oxygen atoms in total. The lowest BCUT2D eigenvalue weighted by Gasteiger charge is -2.20. The Morgan fingerprint density at radius 2 is 1.85 bits per heavy atom. The summed E-state index contributed by atoms with van der Waals surface area (Å²) in [6, 6.07) is 15.5. The standard InChI is InChI=1S/C22H26N2O2/c1-4-14-24(16-21(25)23-20-11-6-5-9-18(20)3)22(26)13-12-19-10-7-8-17(2)15-19/h5-13,15H,4,14,16H2,1-3H3,(H,23,25)/b13-12+. The monoisotopic (exact) mass is 350 g/mol. The minimum atomic E-state index is -0.190. The highest BCUT2D eigenvalue weighted by Gasteiger charge is 2.14. The average Bonchev–Trinajstić information content (AvgIpc) is 2.61. The molecule has 0 saturated carbocycles. The second-order valence-electron chi connectivity index (χ2n) is 6.37. The van der Waals surface area contributed by atoms with Crippen LogP contribution in [-0.4, -0.2) is 29.8 Å². The Morgan fingerprint density at radius 3 is 2.54 bits per heavy atom. The van der Waals surface area contributed by atoms with E-state index in [1.165, 1.54) is 6.08 Å². The van der Waals surface area contributed by atoms with Gasteiger partial charge in [0.2, 0.25) is 11.8 Å². The molecule has 2 rings (SSSR count). The van der Waals surface area contributed by atoms with Gasteiger partial charge >= 0.3 is 0 Å². The van der Waals surface area contributed by atoms with Gasteiger partial charge in [-0.15, -0.1) is 0 Å². The van der Waals surface area contributed by atoms with Gasteiger partial charge in [-0.3, -0.25) is 9.59 Å². The molecule has 0 radical (unpaired) electrons. The van der Waals surface area contributed by atoms with Gasteiger partial charge in [-0.05, 0) is 43.5 Å². The van der Waals surface area contributed by atoms with E-state index in [2.05, 4.69) is 5.32 Å². The molecule has 2 amide bonds. The van der Waals surface area contributed by atoms with Crippen LogP contribution in [0.5, 0.6) is 0 Å². The molecule has 0 aliphatic carbocycles. The smallest absolute Gasteiger partial charge is 0.247 e. The molecule has 2 aromatic carbocycles. The number of nitrogens with one attached hydrogen (secondary N) is 1. The molecule has 0 aliphatic rings. The number of benzene rings is 2. The van der Waals surface area contributed by atoms with Crippen molar-refractivity contribution < 1.29 is 9.59 Å². The molecule has 0 heterocycles. The largest absolute Gasteiger partial charge is 0.330 e. The van der Waals surface area contributed by atoms with Gasteiger partial charge in [-0.2, -0.15) is 0 Å². The molecule has 0 spiro atoms. The summed E-state index contributed by atoms with van der Waals surface area (Å²) in [5.74, 6) is -0.349. The summed E-state index contributed by atoms with van der Waals surface area (Å²) in [4.78, 5) is 26.4. The lowest BCUT2D eigenvalue weighted by molar-refractivity contribution is -0.130. The van der Waals surface area contributed by atoms with Crippen LogP contribution in [0.15, 0.2) is 54.6 Å². The Morgan fingerprint density at radius 1 is 1.08 bits per heavy atom. The van der Waals surface area contributed by atoms with Gasteiger partial charge in [0, 0.05) is 18.3 Å². The Bertz CT molecular complexity index is 796. The van der Waals surface area contributed by atoms with Gasteiger partial charge in [0.25, 0.3) is 0 Å². The summed E-state index contributed by atoms with van der Waals surface area (Å²) in [7, 11) is 0. The molecular weight excluding hydrogens is 324 g/mol. The molecule has 0 unspecified atom stereocenters. The van der Waals surface area contributed by atoms with E-state index in [9.17, 15) is 9.59 Å². The number of nitrogens with zero attached hydrogens (tertiary/aromatic N) is 1. The zero-order valence-electron chi connectivity index (χ0n) is 15.7. The molecule has 2 aromatic rings. The lowest BCUT2D eigenvalue weighted by Crippen LogP contribution is -2.37. The average molecular weight is 350 g/mol. The van der Waals surface area contributed by atoms with Crippen molar-refractivity contribution >= 4 is 23.6 Å². The predicted molar refractivity (Wildman–Crippen MR) is 107 cm³/mol. The number of carbonyl (C=O) groups excluding carboxylic acids is 2. The predicted octanol–water partition coefficient (Wildman–Crippen LogP) is 4.19. The molecule has 1 N–H and O–H groups in total. The number of hydrogen-bond donors (Lipinski definition) is 1. The van der Waals surface area contributed by atoms with Crippen molar-refractivity contribution in [3.8, 4) is 0 Å². The summed E-state index contributed by atoms with van der Waals surface area (Å²) < 4.78 is 0. The fourth-order valence-electron chi connectivity index (χ4n) is 2.66. The van der Waals surface area contributed by atoms with Crippen molar-refractivity contribution in [2.45, 2.75) is 27.2 Å². The molecule has 26 heavy (non-hydrogen) atoms. The van der Waals surface area contributed by atoms with Crippen LogP contribution in [-0.2, 0) is 9.59 Å². The molecule has 0 aromatic heterocycles. The molecule has 0 saturated heterocycles. The normalized spacial score (nSPS) is 10.7. The summed E-state index contributed by atoms with van der Waals surface area (Å²) in [5, 5.41) is 2.88. The molecule has 0 atom stereocenters. The van der Waals surface area contributed by atoms with E-state index in [0.717, 1.165) is 28.8 Å². The number of hydrogen-bond acceptors (Lipinski definition) is 2. The SMILES string of the molecule is CCCN(CC(=O)Nc1ccccc1C)C(=O)/C=C/c1cccc(C)c1. The van der Waals surface area contributed by atoms with E-state index >= 15 is 0 Å². The Labute approximate surface area is 155 Å². The van der Waals surface area contributed by atoms with E-state index in [4.69, 9.17) is 0 Å². The van der Waals surface area contributed by atoms with E-state index in [0.29, 0.717) is 6.54 Å². The lowest BCUT2D eigenvalue weighted by atomic mass is 10.1. The van der Waals surface area contributed by atoms with Crippen molar-refractivity contribution in [2.75, 3.05) is 18.4 Å². The molecule has 136 valence electrons. The van der Waals surface area contributed by atoms with Crippen molar-refractivity contribution in [3.63, 3.8) is 0 Å². The topological polar surface area (TPSA) is 49.4 Å². The van der Waals surface area contributed by atoms with Crippen LogP contribution in [0, 0.1) is 13.8 Å². The molecule has 4 heteroatoms. The van der Waals surface area contributed by atoms with Crippen molar-refractivity contribution in [3.05, 3.63) is 71.3 Å². The fraction of sp³-hybridized carbons (Fsp3) is 0.273. The molecule has 0 bridgehead atoms. The van der Waals surface area contributed by atoms with Crippen LogP contribution >= 0.6 is 0 Å². The first-order valence-corrected chi connectivity index (χ1v) is 8.88. The molecular formula is C22H26N2O2. The number of anilines is 1. The molecule has 0 fully saturated rings. The Kier molecular flexibility index (Phi) is 7.15. The number of rotatable bonds is 7. The first kappa shape index (κ1) is 19.4. The highest BCUT2D eigenvalue weighted by atomic mass is 16.2. The van der Waals surface area contributed by atoms with Gasteiger partial charge in [0.1, 0.15) is 6.54 Å². The second-order valence-corrected chi connectivity index (χ2v) is 6.37. The third-order valence-electron chi connectivity index (χ3n) is 4.02. The van der Waals surface area contributed by atoms with Crippen LogP contribution in [0.25, 0.3) is 6.08 Å². The van der Waals surface area contributed by atoms with Crippen LogP contribution in [0.2, 0.25) is 0 Å². The number of amides is 2. The van der Waals surface area contributed by atoms with Crippen LogP contribution in [0.1, 0.15) is 30.0 Å². The van der Waals surface area contributed by atoms with E-state index in [1.54, 1.807) is 11.0 Å². The summed E-state index contributed by atoms with van der Waals surface area (Å²) in [6.07, 6.45) is 4.12. The van der Waals surface area contributed by atoms with E-state index in [1.807, 2.05) is 69.3 Å². The van der Waals surface area contributed by atoms with Gasteiger partial charge in [-0.1, -0.05) is 55.0 Å². The number of para-hydroxylation sites is 1. The van der Waals surface area contributed by atoms with Crippen molar-refractivity contribution in [2.24, 2.45) is 0 Å².